The van der Waals surface area contributed by atoms with E-state index in [0.717, 1.165) is 16.7 Å². The number of hydrogen-bond donors (Lipinski definition) is 4. The smallest absolute Gasteiger partial charge is 0.324 e. The quantitative estimate of drug-likeness (QED) is 0.220. The van der Waals surface area contributed by atoms with Gasteiger partial charge in [0.25, 0.3) is 0 Å². The zero-order valence-electron chi connectivity index (χ0n) is 22.3. The Morgan fingerprint density at radius 2 is 1.55 bits per heavy atom. The van der Waals surface area contributed by atoms with Crippen molar-refractivity contribution in [3.8, 4) is 11.1 Å². The van der Waals surface area contributed by atoms with Gasteiger partial charge in [-0.2, -0.15) is 4.72 Å². The molecule has 0 spiro atoms. The largest absolute Gasteiger partial charge is 0.480 e. The van der Waals surface area contributed by atoms with Crippen LogP contribution in [0.15, 0.2) is 90.0 Å². The highest BCUT2D eigenvalue weighted by Gasteiger charge is 2.28. The van der Waals surface area contributed by atoms with Gasteiger partial charge < -0.3 is 10.4 Å². The lowest BCUT2D eigenvalue weighted by Gasteiger charge is -2.18. The van der Waals surface area contributed by atoms with Gasteiger partial charge in [-0.1, -0.05) is 60.2 Å². The average Bonchev–Trinajstić information content (AvgIpc) is 2.88. The number of aromatic nitrogens is 1. The van der Waals surface area contributed by atoms with Crippen molar-refractivity contribution < 1.29 is 23.1 Å². The third-order valence-electron chi connectivity index (χ3n) is 6.22. The minimum atomic E-state index is -4.06. The fraction of sp³-hybridized carbons (Fsp3) is 0.167. The number of carboxylic acids is 1. The minimum Gasteiger partial charge on any atom is -0.480 e. The predicted molar refractivity (Wildman–Crippen MR) is 155 cm³/mol. The van der Waals surface area contributed by atoms with E-state index in [9.17, 15) is 23.1 Å². The molecular weight excluding hydrogens is 528 g/mol. The molecule has 0 bridgehead atoms. The molecule has 40 heavy (non-hydrogen) atoms. The number of amides is 2. The number of anilines is 2. The summed E-state index contributed by atoms with van der Waals surface area (Å²) in [5.74, 6) is -0.837. The first-order valence-electron chi connectivity index (χ1n) is 12.5. The average molecular weight is 559 g/mol. The number of nitrogens with zero attached hydrogens (tertiary/aromatic N) is 1. The van der Waals surface area contributed by atoms with Gasteiger partial charge >= 0.3 is 12.0 Å². The molecule has 0 unspecified atom stereocenters. The predicted octanol–water partition coefficient (Wildman–Crippen LogP) is 5.29. The van der Waals surface area contributed by atoms with E-state index in [4.69, 9.17) is 0 Å². The first kappa shape index (κ1) is 28.5. The van der Waals surface area contributed by atoms with Gasteiger partial charge in [-0.3, -0.25) is 10.1 Å². The van der Waals surface area contributed by atoms with Gasteiger partial charge in [0.1, 0.15) is 11.9 Å². The number of sulfonamides is 1. The minimum absolute atomic E-state index is 0.0336. The third-order valence-corrected chi connectivity index (χ3v) is 8.00. The number of pyridine rings is 1. The van der Waals surface area contributed by atoms with Crippen molar-refractivity contribution in [3.63, 3.8) is 0 Å². The van der Waals surface area contributed by atoms with Crippen LogP contribution in [0.2, 0.25) is 0 Å². The van der Waals surface area contributed by atoms with Crippen molar-refractivity contribution >= 4 is 33.5 Å². The molecule has 10 heteroatoms. The molecule has 1 atom stereocenters. The Bertz CT molecular complexity index is 1620. The number of carboxylic acid groups (broad SMARTS) is 1. The molecule has 0 aliphatic rings. The zero-order chi connectivity index (χ0) is 28.9. The second kappa shape index (κ2) is 12.1. The second-order valence-corrected chi connectivity index (χ2v) is 11.2. The van der Waals surface area contributed by atoms with Crippen molar-refractivity contribution in [2.24, 2.45) is 0 Å². The van der Waals surface area contributed by atoms with Crippen LogP contribution in [0.3, 0.4) is 0 Å². The van der Waals surface area contributed by atoms with Crippen LogP contribution in [0.5, 0.6) is 0 Å². The van der Waals surface area contributed by atoms with Crippen molar-refractivity contribution in [1.29, 1.82) is 0 Å². The van der Waals surface area contributed by atoms with Crippen LogP contribution in [0.1, 0.15) is 22.3 Å². The molecule has 1 heterocycles. The zero-order valence-corrected chi connectivity index (χ0v) is 23.1. The summed E-state index contributed by atoms with van der Waals surface area (Å²) in [6.07, 6.45) is 1.55. The molecule has 0 saturated heterocycles. The Labute approximate surface area is 233 Å². The standard InChI is InChI=1S/C30H30N4O5S/c1-19-15-20(2)28(21(3)16-19)40(38,39)34-26(29(35)36)17-22-10-12-23(13-11-22)24-7-6-8-25(18-24)32-30(37)33-27-9-4-5-14-31-27/h4-16,18,26,34H,17H2,1-3H3,(H,35,36)(H2,31,32,33,37)/t26-/m0/s1. The summed E-state index contributed by atoms with van der Waals surface area (Å²) >= 11 is 0. The topological polar surface area (TPSA) is 137 Å². The molecular formula is C30H30N4O5S. The van der Waals surface area contributed by atoms with E-state index >= 15 is 0 Å². The van der Waals surface area contributed by atoms with Gasteiger partial charge in [0.15, 0.2) is 0 Å². The number of rotatable bonds is 9. The van der Waals surface area contributed by atoms with Crippen molar-refractivity contribution in [2.45, 2.75) is 38.1 Å². The Morgan fingerprint density at radius 1 is 0.850 bits per heavy atom. The third kappa shape index (κ3) is 7.10. The summed E-state index contributed by atoms with van der Waals surface area (Å²) in [5.41, 5.74) is 4.96. The number of hydrogen-bond acceptors (Lipinski definition) is 5. The fourth-order valence-corrected chi connectivity index (χ4v) is 6.22. The molecule has 4 aromatic rings. The van der Waals surface area contributed by atoms with Crippen molar-refractivity contribution in [2.75, 3.05) is 10.6 Å². The van der Waals surface area contributed by atoms with Crippen LogP contribution >= 0.6 is 0 Å². The summed E-state index contributed by atoms with van der Waals surface area (Å²) in [6.45, 7) is 5.27. The Hall–Kier alpha value is -4.54. The highest BCUT2D eigenvalue weighted by atomic mass is 32.2. The molecule has 206 valence electrons. The molecule has 0 aliphatic heterocycles. The normalized spacial score (nSPS) is 12.0. The van der Waals surface area contributed by atoms with E-state index < -0.39 is 28.1 Å². The number of nitrogens with one attached hydrogen (secondary N) is 3. The maximum Gasteiger partial charge on any atom is 0.324 e. The maximum absolute atomic E-state index is 13.1. The monoisotopic (exact) mass is 558 g/mol. The molecule has 0 aliphatic carbocycles. The summed E-state index contributed by atoms with van der Waals surface area (Å²) in [6, 6.07) is 21.4. The molecule has 4 N–H and O–H groups in total. The lowest BCUT2D eigenvalue weighted by Crippen LogP contribution is -2.42. The van der Waals surface area contributed by atoms with E-state index in [0.29, 0.717) is 28.2 Å². The number of carbonyl (C=O) groups is 2. The molecule has 0 fully saturated rings. The van der Waals surface area contributed by atoms with E-state index in [2.05, 4.69) is 20.3 Å². The summed E-state index contributed by atoms with van der Waals surface area (Å²) in [7, 11) is -4.06. The van der Waals surface area contributed by atoms with Gasteiger partial charge in [0.05, 0.1) is 4.90 Å². The van der Waals surface area contributed by atoms with E-state index in [1.54, 1.807) is 68.6 Å². The van der Waals surface area contributed by atoms with Crippen LogP contribution in [0.25, 0.3) is 11.1 Å². The van der Waals surface area contributed by atoms with Crippen LogP contribution in [0.4, 0.5) is 16.3 Å². The van der Waals surface area contributed by atoms with Crippen LogP contribution < -0.4 is 15.4 Å². The maximum atomic E-state index is 13.1. The summed E-state index contributed by atoms with van der Waals surface area (Å²) < 4.78 is 28.6. The second-order valence-electron chi connectivity index (χ2n) is 9.52. The van der Waals surface area contributed by atoms with E-state index in [-0.39, 0.29) is 11.3 Å². The Balaban J connectivity index is 1.46. The first-order valence-corrected chi connectivity index (χ1v) is 14.0. The number of benzene rings is 3. The highest BCUT2D eigenvalue weighted by Crippen LogP contribution is 2.25. The van der Waals surface area contributed by atoms with Crippen molar-refractivity contribution in [3.05, 3.63) is 107 Å². The molecule has 1 aromatic heterocycles. The molecule has 0 saturated carbocycles. The lowest BCUT2D eigenvalue weighted by atomic mass is 10.0. The molecule has 2 amide bonds. The number of carbonyl (C=O) groups excluding carboxylic acids is 1. The van der Waals surface area contributed by atoms with Gasteiger partial charge in [-0.25, -0.2) is 18.2 Å². The van der Waals surface area contributed by atoms with E-state index in [1.807, 2.05) is 37.3 Å². The van der Waals surface area contributed by atoms with Gasteiger partial charge in [-0.15, -0.1) is 0 Å². The highest BCUT2D eigenvalue weighted by molar-refractivity contribution is 7.89. The summed E-state index contributed by atoms with van der Waals surface area (Å²) in [5, 5.41) is 15.2. The van der Waals surface area contributed by atoms with Crippen LogP contribution in [0, 0.1) is 20.8 Å². The van der Waals surface area contributed by atoms with Gasteiger partial charge in [0.2, 0.25) is 10.0 Å². The van der Waals surface area contributed by atoms with Gasteiger partial charge in [0, 0.05) is 11.9 Å². The molecule has 4 rings (SSSR count). The first-order chi connectivity index (χ1) is 19.0. The molecule has 3 aromatic carbocycles. The number of urea groups is 1. The van der Waals surface area contributed by atoms with E-state index in [1.165, 1.54) is 0 Å². The fourth-order valence-electron chi connectivity index (χ4n) is 4.58. The SMILES string of the molecule is Cc1cc(C)c(S(=O)(=O)N[C@@H](Cc2ccc(-c3cccc(NC(=O)Nc4ccccn4)c3)cc2)C(=O)O)c(C)c1. The number of aryl methyl sites for hydroxylation is 3. The molecule has 9 nitrogen and oxygen atoms in total. The Morgan fingerprint density at radius 3 is 2.17 bits per heavy atom. The lowest BCUT2D eigenvalue weighted by molar-refractivity contribution is -0.138. The number of aliphatic carboxylic acids is 1. The summed E-state index contributed by atoms with van der Waals surface area (Å²) in [4.78, 5) is 28.5. The molecule has 0 radical (unpaired) electrons. The Kier molecular flexibility index (Phi) is 8.61. The van der Waals surface area contributed by atoms with Crippen LogP contribution in [-0.4, -0.2) is 36.6 Å². The van der Waals surface area contributed by atoms with Crippen molar-refractivity contribution in [1.82, 2.24) is 9.71 Å². The van der Waals surface area contributed by atoms with Gasteiger partial charge in [-0.05, 0) is 79.3 Å². The van der Waals surface area contributed by atoms with Crippen LogP contribution in [-0.2, 0) is 21.2 Å².